The molecule has 1 aromatic heterocycles. The largest absolute Gasteiger partial charge is 0.494 e. The summed E-state index contributed by atoms with van der Waals surface area (Å²) in [5.41, 5.74) is 1.65. The molecule has 0 unspecified atom stereocenters. The topological polar surface area (TPSA) is 69.0 Å². The van der Waals surface area contributed by atoms with Crippen LogP contribution in [0.15, 0.2) is 59.8 Å². The fraction of sp³-hybridized carbons (Fsp3) is 0.348. The van der Waals surface area contributed by atoms with Gasteiger partial charge in [0, 0.05) is 16.8 Å². The van der Waals surface area contributed by atoms with Gasteiger partial charge in [-0.2, -0.15) is 0 Å². The summed E-state index contributed by atoms with van der Waals surface area (Å²) >= 11 is 1.38. The lowest BCUT2D eigenvalue weighted by Crippen LogP contribution is -2.43. The lowest BCUT2D eigenvalue weighted by Gasteiger charge is -2.24. The minimum atomic E-state index is -0.227. The van der Waals surface area contributed by atoms with Gasteiger partial charge in [-0.05, 0) is 51.5 Å². The molecule has 1 heterocycles. The van der Waals surface area contributed by atoms with E-state index in [0.717, 1.165) is 29.2 Å². The first kappa shape index (κ1) is 21.9. The Kier molecular flexibility index (Phi) is 7.15. The van der Waals surface area contributed by atoms with Gasteiger partial charge in [0.25, 0.3) is 0 Å². The van der Waals surface area contributed by atoms with Crippen molar-refractivity contribution in [2.45, 2.75) is 44.8 Å². The fourth-order valence-corrected chi connectivity index (χ4v) is 3.61. The zero-order valence-corrected chi connectivity index (χ0v) is 18.7. The number of benzene rings is 2. The molecule has 0 aliphatic rings. The Balaban J connectivity index is 1.90. The molecule has 7 heteroatoms. The van der Waals surface area contributed by atoms with Gasteiger partial charge in [0.05, 0.1) is 12.4 Å². The SMILES string of the molecule is CCOc1ccc(-n2c(SCC(=O)NC(C)(C)CC)nnc2-c2ccccc2)cc1. The third kappa shape index (κ3) is 5.42. The summed E-state index contributed by atoms with van der Waals surface area (Å²) in [6, 6.07) is 17.7. The lowest BCUT2D eigenvalue weighted by molar-refractivity contribution is -0.120. The number of ether oxygens (including phenoxy) is 1. The van der Waals surface area contributed by atoms with Crippen LogP contribution in [-0.4, -0.2) is 38.6 Å². The Hall–Kier alpha value is -2.80. The Morgan fingerprint density at radius 3 is 2.40 bits per heavy atom. The molecule has 6 nitrogen and oxygen atoms in total. The third-order valence-electron chi connectivity index (χ3n) is 4.77. The Labute approximate surface area is 182 Å². The van der Waals surface area contributed by atoms with Crippen LogP contribution in [-0.2, 0) is 4.79 Å². The highest BCUT2D eigenvalue weighted by Gasteiger charge is 2.20. The molecule has 1 N–H and O–H groups in total. The zero-order chi connectivity index (χ0) is 21.6. The van der Waals surface area contributed by atoms with Crippen molar-refractivity contribution < 1.29 is 9.53 Å². The number of hydrogen-bond acceptors (Lipinski definition) is 5. The number of nitrogens with zero attached hydrogens (tertiary/aromatic N) is 3. The van der Waals surface area contributed by atoms with Crippen molar-refractivity contribution in [3.63, 3.8) is 0 Å². The maximum Gasteiger partial charge on any atom is 0.230 e. The quantitative estimate of drug-likeness (QED) is 0.503. The smallest absolute Gasteiger partial charge is 0.230 e. The predicted octanol–water partition coefficient (Wildman–Crippen LogP) is 4.73. The number of amides is 1. The van der Waals surface area contributed by atoms with E-state index < -0.39 is 0 Å². The average Bonchev–Trinajstić information content (AvgIpc) is 3.17. The first-order valence-corrected chi connectivity index (χ1v) is 11.1. The van der Waals surface area contributed by atoms with Crippen molar-refractivity contribution in [3.8, 4) is 22.8 Å². The van der Waals surface area contributed by atoms with Crippen LogP contribution in [0.4, 0.5) is 0 Å². The van der Waals surface area contributed by atoms with Gasteiger partial charge in [0.15, 0.2) is 11.0 Å². The molecule has 1 amide bonds. The number of thioether (sulfide) groups is 1. The van der Waals surface area contributed by atoms with Gasteiger partial charge in [-0.15, -0.1) is 10.2 Å². The summed E-state index contributed by atoms with van der Waals surface area (Å²) in [5.74, 6) is 1.80. The van der Waals surface area contributed by atoms with Crippen LogP contribution in [0.1, 0.15) is 34.1 Å². The van der Waals surface area contributed by atoms with E-state index in [1.165, 1.54) is 11.8 Å². The molecule has 0 aliphatic heterocycles. The number of carbonyl (C=O) groups excluding carboxylic acids is 1. The molecule has 158 valence electrons. The van der Waals surface area contributed by atoms with Crippen molar-refractivity contribution >= 4 is 17.7 Å². The minimum Gasteiger partial charge on any atom is -0.494 e. The fourth-order valence-electron chi connectivity index (χ4n) is 2.86. The van der Waals surface area contributed by atoms with E-state index in [1.54, 1.807) is 0 Å². The zero-order valence-electron chi connectivity index (χ0n) is 17.9. The molecule has 30 heavy (non-hydrogen) atoms. The van der Waals surface area contributed by atoms with Crippen molar-refractivity contribution in [1.29, 1.82) is 0 Å². The van der Waals surface area contributed by atoms with Crippen LogP contribution < -0.4 is 10.1 Å². The van der Waals surface area contributed by atoms with E-state index in [-0.39, 0.29) is 17.2 Å². The van der Waals surface area contributed by atoms with Crippen LogP contribution in [0.5, 0.6) is 5.75 Å². The third-order valence-corrected chi connectivity index (χ3v) is 5.69. The minimum absolute atomic E-state index is 0.0191. The van der Waals surface area contributed by atoms with Crippen molar-refractivity contribution in [1.82, 2.24) is 20.1 Å². The number of nitrogens with one attached hydrogen (secondary N) is 1. The number of aromatic nitrogens is 3. The molecular weight excluding hydrogens is 396 g/mol. The molecular formula is C23H28N4O2S. The second-order valence-corrected chi connectivity index (χ2v) is 8.45. The molecule has 3 rings (SSSR count). The second-order valence-electron chi connectivity index (χ2n) is 7.51. The first-order chi connectivity index (χ1) is 14.4. The van der Waals surface area contributed by atoms with Crippen LogP contribution in [0.3, 0.4) is 0 Å². The van der Waals surface area contributed by atoms with Gasteiger partial charge in [-0.3, -0.25) is 9.36 Å². The molecule has 3 aromatic rings. The van der Waals surface area contributed by atoms with Gasteiger partial charge in [0.1, 0.15) is 5.75 Å². The summed E-state index contributed by atoms with van der Waals surface area (Å²) in [4.78, 5) is 12.4. The standard InChI is InChI=1S/C23H28N4O2S/c1-5-23(3,4)24-20(28)16-30-22-26-25-21(17-10-8-7-9-11-17)27(22)18-12-14-19(15-13-18)29-6-2/h7-15H,5-6,16H2,1-4H3,(H,24,28). The van der Waals surface area contributed by atoms with Crippen LogP contribution in [0, 0.1) is 0 Å². The highest BCUT2D eigenvalue weighted by molar-refractivity contribution is 7.99. The molecule has 0 fully saturated rings. The van der Waals surface area contributed by atoms with Crippen LogP contribution in [0.2, 0.25) is 0 Å². The number of hydrogen-bond donors (Lipinski definition) is 1. The Morgan fingerprint density at radius 2 is 1.77 bits per heavy atom. The molecule has 2 aromatic carbocycles. The maximum atomic E-state index is 12.4. The van der Waals surface area contributed by atoms with E-state index in [0.29, 0.717) is 11.8 Å². The van der Waals surface area contributed by atoms with E-state index in [9.17, 15) is 4.79 Å². The monoisotopic (exact) mass is 424 g/mol. The van der Waals surface area contributed by atoms with Gasteiger partial charge >= 0.3 is 0 Å². The van der Waals surface area contributed by atoms with Gasteiger partial charge < -0.3 is 10.1 Å². The van der Waals surface area contributed by atoms with E-state index in [4.69, 9.17) is 4.74 Å². The van der Waals surface area contributed by atoms with Gasteiger partial charge in [0.2, 0.25) is 5.91 Å². The molecule has 0 radical (unpaired) electrons. The molecule has 0 aliphatic carbocycles. The Morgan fingerprint density at radius 1 is 1.07 bits per heavy atom. The molecule has 0 saturated carbocycles. The maximum absolute atomic E-state index is 12.4. The van der Waals surface area contributed by atoms with E-state index in [1.807, 2.05) is 79.9 Å². The molecule has 0 saturated heterocycles. The number of carbonyl (C=O) groups is 1. The normalized spacial score (nSPS) is 11.3. The summed E-state index contributed by atoms with van der Waals surface area (Å²) < 4.78 is 7.54. The van der Waals surface area contributed by atoms with Crippen LogP contribution in [0.25, 0.3) is 17.1 Å². The Bertz CT molecular complexity index is 969. The van der Waals surface area contributed by atoms with Crippen molar-refractivity contribution in [2.75, 3.05) is 12.4 Å². The summed E-state index contributed by atoms with van der Waals surface area (Å²) in [6.45, 7) is 8.67. The highest BCUT2D eigenvalue weighted by atomic mass is 32.2. The molecule has 0 bridgehead atoms. The second kappa shape index (κ2) is 9.80. The van der Waals surface area contributed by atoms with Crippen molar-refractivity contribution in [2.24, 2.45) is 0 Å². The van der Waals surface area contributed by atoms with Crippen LogP contribution >= 0.6 is 11.8 Å². The van der Waals surface area contributed by atoms with Gasteiger partial charge in [-0.1, -0.05) is 49.0 Å². The summed E-state index contributed by atoms with van der Waals surface area (Å²) in [6.07, 6.45) is 0.865. The lowest BCUT2D eigenvalue weighted by atomic mass is 10.0. The summed E-state index contributed by atoms with van der Waals surface area (Å²) in [7, 11) is 0. The van der Waals surface area contributed by atoms with Crippen molar-refractivity contribution in [3.05, 3.63) is 54.6 Å². The predicted molar refractivity (Wildman–Crippen MR) is 121 cm³/mol. The summed E-state index contributed by atoms with van der Waals surface area (Å²) in [5, 5.41) is 12.5. The van der Waals surface area contributed by atoms with Gasteiger partial charge in [-0.25, -0.2) is 0 Å². The highest BCUT2D eigenvalue weighted by Crippen LogP contribution is 2.29. The number of rotatable bonds is 9. The molecule has 0 spiro atoms. The average molecular weight is 425 g/mol. The molecule has 0 atom stereocenters. The van der Waals surface area contributed by atoms with E-state index in [2.05, 4.69) is 22.4 Å². The van der Waals surface area contributed by atoms with E-state index >= 15 is 0 Å². The first-order valence-electron chi connectivity index (χ1n) is 10.1.